The molecule has 160 valence electrons. The topological polar surface area (TPSA) is 66.7 Å². The monoisotopic (exact) mass is 427 g/mol. The van der Waals surface area contributed by atoms with Gasteiger partial charge in [0.2, 0.25) is 0 Å². The van der Waals surface area contributed by atoms with Crippen LogP contribution in [0.3, 0.4) is 0 Å². The summed E-state index contributed by atoms with van der Waals surface area (Å²) in [7, 11) is 0. The number of pyridine rings is 1. The zero-order chi connectivity index (χ0) is 21.9. The van der Waals surface area contributed by atoms with E-state index in [2.05, 4.69) is 44.6 Å². The molecule has 0 radical (unpaired) electrons. The van der Waals surface area contributed by atoms with Crippen molar-refractivity contribution in [3.8, 4) is 11.1 Å². The molecule has 0 spiro atoms. The predicted octanol–water partition coefficient (Wildman–Crippen LogP) is 4.41. The molecule has 5 nitrogen and oxygen atoms in total. The van der Waals surface area contributed by atoms with Crippen molar-refractivity contribution in [2.24, 2.45) is 5.16 Å². The maximum Gasteiger partial charge on any atom is 0.458 e. The van der Waals surface area contributed by atoms with Crippen molar-refractivity contribution < 1.29 is 23.1 Å². The van der Waals surface area contributed by atoms with E-state index in [0.29, 0.717) is 18.7 Å². The lowest BCUT2D eigenvalue weighted by molar-refractivity contribution is -0.355. The standard InChI is InChI=1S/C23H20F3N3O2/c24-23(25,26)22(30)12-21(29-31-22)19-9-5-17(6-10-19)14-28-13-16-3-7-18(8-4-16)20-2-1-11-27-15-20/h1-11,15,28,30H,12-14H2. The van der Waals surface area contributed by atoms with Crippen LogP contribution in [0.5, 0.6) is 0 Å². The van der Waals surface area contributed by atoms with Crippen LogP contribution in [0, 0.1) is 0 Å². The number of nitrogens with one attached hydrogen (secondary N) is 1. The van der Waals surface area contributed by atoms with Crippen LogP contribution < -0.4 is 5.32 Å². The Bertz CT molecular complexity index is 1050. The van der Waals surface area contributed by atoms with Crippen LogP contribution in [0.4, 0.5) is 13.2 Å². The average Bonchev–Trinajstić information content (AvgIpc) is 3.19. The molecule has 31 heavy (non-hydrogen) atoms. The summed E-state index contributed by atoms with van der Waals surface area (Å²) in [6.45, 7) is 1.27. The van der Waals surface area contributed by atoms with Crippen molar-refractivity contribution in [2.75, 3.05) is 0 Å². The Hall–Kier alpha value is -3.23. The Labute approximate surface area is 177 Å². The van der Waals surface area contributed by atoms with Crippen molar-refractivity contribution in [3.63, 3.8) is 0 Å². The van der Waals surface area contributed by atoms with Crippen molar-refractivity contribution in [3.05, 3.63) is 89.7 Å². The van der Waals surface area contributed by atoms with Crippen molar-refractivity contribution in [2.45, 2.75) is 31.5 Å². The molecule has 1 aliphatic rings. The van der Waals surface area contributed by atoms with Gasteiger partial charge in [-0.1, -0.05) is 59.8 Å². The molecule has 3 aromatic rings. The molecular weight excluding hydrogens is 407 g/mol. The first-order chi connectivity index (χ1) is 14.8. The third kappa shape index (κ3) is 4.76. The molecule has 0 saturated carbocycles. The Kier molecular flexibility index (Phi) is 5.75. The lowest BCUT2D eigenvalue weighted by Gasteiger charge is -2.22. The number of nitrogens with zero attached hydrogens (tertiary/aromatic N) is 2. The summed E-state index contributed by atoms with van der Waals surface area (Å²) >= 11 is 0. The first-order valence-electron chi connectivity index (χ1n) is 9.68. The highest BCUT2D eigenvalue weighted by Crippen LogP contribution is 2.38. The number of hydrogen-bond acceptors (Lipinski definition) is 5. The second kappa shape index (κ2) is 8.49. The smallest absolute Gasteiger partial charge is 0.350 e. The number of halogens is 3. The van der Waals surface area contributed by atoms with Gasteiger partial charge in [0, 0.05) is 25.5 Å². The van der Waals surface area contributed by atoms with Gasteiger partial charge in [-0.2, -0.15) is 13.2 Å². The lowest BCUT2D eigenvalue weighted by Crippen LogP contribution is -2.45. The van der Waals surface area contributed by atoms with Gasteiger partial charge in [-0.15, -0.1) is 0 Å². The van der Waals surface area contributed by atoms with Crippen LogP contribution in [-0.4, -0.2) is 27.8 Å². The van der Waals surface area contributed by atoms with Crippen molar-refractivity contribution in [1.29, 1.82) is 0 Å². The summed E-state index contributed by atoms with van der Waals surface area (Å²) in [5, 5.41) is 16.3. The van der Waals surface area contributed by atoms with Crippen LogP contribution in [-0.2, 0) is 17.9 Å². The highest BCUT2D eigenvalue weighted by Gasteiger charge is 2.60. The highest BCUT2D eigenvalue weighted by atomic mass is 19.4. The first kappa shape index (κ1) is 21.0. The number of alkyl halides is 3. The van der Waals surface area contributed by atoms with Gasteiger partial charge in [0.25, 0.3) is 0 Å². The van der Waals surface area contributed by atoms with Gasteiger partial charge in [0.15, 0.2) is 0 Å². The SMILES string of the molecule is OC1(C(F)(F)F)CC(c2ccc(CNCc3ccc(-c4cccnc4)cc3)cc2)=NO1. The zero-order valence-corrected chi connectivity index (χ0v) is 16.4. The number of aliphatic hydroxyl groups is 1. The van der Waals surface area contributed by atoms with Gasteiger partial charge < -0.3 is 15.3 Å². The Morgan fingerprint density at radius 3 is 2.03 bits per heavy atom. The highest BCUT2D eigenvalue weighted by molar-refractivity contribution is 6.01. The van der Waals surface area contributed by atoms with Crippen LogP contribution in [0.25, 0.3) is 11.1 Å². The maximum atomic E-state index is 12.8. The number of oxime groups is 1. The van der Waals surface area contributed by atoms with Crippen LogP contribution >= 0.6 is 0 Å². The summed E-state index contributed by atoms with van der Waals surface area (Å²) in [5.74, 6) is -3.25. The van der Waals surface area contributed by atoms with E-state index in [1.165, 1.54) is 0 Å². The fraction of sp³-hybridized carbons (Fsp3) is 0.217. The van der Waals surface area contributed by atoms with E-state index in [0.717, 1.165) is 22.3 Å². The Morgan fingerprint density at radius 1 is 0.903 bits per heavy atom. The van der Waals surface area contributed by atoms with Gasteiger partial charge in [-0.25, -0.2) is 0 Å². The number of hydrogen-bond donors (Lipinski definition) is 2. The second-order valence-corrected chi connectivity index (χ2v) is 7.33. The summed E-state index contributed by atoms with van der Waals surface area (Å²) < 4.78 is 38.5. The number of rotatable bonds is 6. The first-order valence-corrected chi connectivity index (χ1v) is 9.68. The van der Waals surface area contributed by atoms with Gasteiger partial charge in [-0.05, 0) is 33.9 Å². The molecule has 0 fully saturated rings. The quantitative estimate of drug-likeness (QED) is 0.612. The van der Waals surface area contributed by atoms with E-state index in [1.807, 2.05) is 18.3 Å². The molecule has 1 aromatic heterocycles. The van der Waals surface area contributed by atoms with Crippen molar-refractivity contribution in [1.82, 2.24) is 10.3 Å². The van der Waals surface area contributed by atoms with E-state index < -0.39 is 18.4 Å². The fourth-order valence-corrected chi connectivity index (χ4v) is 3.24. The zero-order valence-electron chi connectivity index (χ0n) is 16.4. The molecule has 0 amide bonds. The van der Waals surface area contributed by atoms with E-state index in [1.54, 1.807) is 30.5 Å². The van der Waals surface area contributed by atoms with Gasteiger partial charge in [-0.3, -0.25) is 4.98 Å². The largest absolute Gasteiger partial charge is 0.458 e. The molecule has 2 heterocycles. The van der Waals surface area contributed by atoms with E-state index >= 15 is 0 Å². The molecule has 1 unspecified atom stereocenters. The van der Waals surface area contributed by atoms with Crippen LogP contribution in [0.2, 0.25) is 0 Å². The summed E-state index contributed by atoms with van der Waals surface area (Å²) in [6.07, 6.45) is -2.07. The van der Waals surface area contributed by atoms with Gasteiger partial charge >= 0.3 is 12.0 Å². The molecular formula is C23H20F3N3O2. The summed E-state index contributed by atoms with van der Waals surface area (Å²) in [5.41, 5.74) is 4.81. The third-order valence-corrected chi connectivity index (χ3v) is 5.05. The maximum absolute atomic E-state index is 12.8. The molecule has 0 bridgehead atoms. The molecule has 8 heteroatoms. The molecule has 0 aliphatic carbocycles. The van der Waals surface area contributed by atoms with Crippen molar-refractivity contribution >= 4 is 5.71 Å². The summed E-state index contributed by atoms with van der Waals surface area (Å²) in [4.78, 5) is 8.38. The third-order valence-electron chi connectivity index (χ3n) is 5.05. The lowest BCUT2D eigenvalue weighted by atomic mass is 10.0. The second-order valence-electron chi connectivity index (χ2n) is 7.33. The molecule has 1 atom stereocenters. The minimum Gasteiger partial charge on any atom is -0.350 e. The fourth-order valence-electron chi connectivity index (χ4n) is 3.24. The van der Waals surface area contributed by atoms with Crippen LogP contribution in [0.15, 0.2) is 78.2 Å². The summed E-state index contributed by atoms with van der Waals surface area (Å²) in [6, 6.07) is 19.1. The van der Waals surface area contributed by atoms with E-state index in [4.69, 9.17) is 0 Å². The molecule has 1 aliphatic heterocycles. The molecule has 2 aromatic carbocycles. The predicted molar refractivity (Wildman–Crippen MR) is 110 cm³/mol. The molecule has 2 N–H and O–H groups in total. The normalized spacial score (nSPS) is 18.5. The molecule has 0 saturated heterocycles. The minimum absolute atomic E-state index is 0.0630. The number of aromatic nitrogens is 1. The van der Waals surface area contributed by atoms with E-state index in [-0.39, 0.29) is 5.71 Å². The average molecular weight is 427 g/mol. The Balaban J connectivity index is 1.29. The Morgan fingerprint density at radius 2 is 1.52 bits per heavy atom. The van der Waals surface area contributed by atoms with Gasteiger partial charge in [0.1, 0.15) is 0 Å². The number of benzene rings is 2. The van der Waals surface area contributed by atoms with Crippen LogP contribution in [0.1, 0.15) is 23.1 Å². The van der Waals surface area contributed by atoms with Gasteiger partial charge in [0.05, 0.1) is 12.1 Å². The van der Waals surface area contributed by atoms with E-state index in [9.17, 15) is 18.3 Å². The minimum atomic E-state index is -4.90. The molecule has 4 rings (SSSR count).